The van der Waals surface area contributed by atoms with Crippen molar-refractivity contribution in [1.82, 2.24) is 9.88 Å². The predicted molar refractivity (Wildman–Crippen MR) is 97.9 cm³/mol. The van der Waals surface area contributed by atoms with E-state index in [0.717, 1.165) is 5.69 Å². The van der Waals surface area contributed by atoms with E-state index in [1.807, 2.05) is 20.8 Å². The quantitative estimate of drug-likeness (QED) is 0.874. The van der Waals surface area contributed by atoms with Gasteiger partial charge in [-0.3, -0.25) is 9.69 Å². The van der Waals surface area contributed by atoms with Gasteiger partial charge in [-0.2, -0.15) is 0 Å². The maximum Gasteiger partial charge on any atom is 0.410 e. The molecule has 6 nitrogen and oxygen atoms in total. The highest BCUT2D eigenvalue weighted by molar-refractivity contribution is 7.13. The molecule has 7 heteroatoms. The Morgan fingerprint density at radius 1 is 1.24 bits per heavy atom. The molecule has 0 radical (unpaired) electrons. The van der Waals surface area contributed by atoms with Crippen molar-refractivity contribution in [2.45, 2.75) is 76.9 Å². The summed E-state index contributed by atoms with van der Waals surface area (Å²) in [6, 6.07) is -0.461. The van der Waals surface area contributed by atoms with Gasteiger partial charge in [0.2, 0.25) is 5.91 Å². The van der Waals surface area contributed by atoms with Gasteiger partial charge in [0.15, 0.2) is 5.13 Å². The van der Waals surface area contributed by atoms with Crippen molar-refractivity contribution in [2.75, 3.05) is 11.9 Å². The molecule has 2 heterocycles. The fourth-order valence-corrected chi connectivity index (χ4v) is 4.11. The van der Waals surface area contributed by atoms with Crippen LogP contribution in [0.1, 0.15) is 70.9 Å². The third-order valence-corrected chi connectivity index (χ3v) is 5.50. The molecule has 1 saturated heterocycles. The Morgan fingerprint density at radius 3 is 2.56 bits per heavy atom. The molecule has 1 aromatic rings. The second-order valence-corrected chi connectivity index (χ2v) is 8.74. The monoisotopic (exact) mass is 365 g/mol. The van der Waals surface area contributed by atoms with Crippen molar-refractivity contribution in [2.24, 2.45) is 0 Å². The molecule has 0 bridgehead atoms. The van der Waals surface area contributed by atoms with Gasteiger partial charge >= 0.3 is 6.09 Å². The van der Waals surface area contributed by atoms with Crippen molar-refractivity contribution in [1.29, 1.82) is 0 Å². The Balaban J connectivity index is 1.55. The average Bonchev–Trinajstić information content (AvgIpc) is 2.93. The van der Waals surface area contributed by atoms with Gasteiger partial charge in [-0.1, -0.05) is 19.3 Å². The number of ether oxygens (including phenoxy) is 1. The van der Waals surface area contributed by atoms with E-state index in [2.05, 4.69) is 15.7 Å². The summed E-state index contributed by atoms with van der Waals surface area (Å²) in [5, 5.41) is 5.55. The minimum atomic E-state index is -0.558. The second kappa shape index (κ2) is 7.32. The highest BCUT2D eigenvalue weighted by atomic mass is 32.1. The molecule has 138 valence electrons. The van der Waals surface area contributed by atoms with Gasteiger partial charge in [-0.25, -0.2) is 9.78 Å². The Bertz CT molecular complexity index is 632. The van der Waals surface area contributed by atoms with Crippen LogP contribution >= 0.6 is 11.3 Å². The second-order valence-electron chi connectivity index (χ2n) is 7.88. The fraction of sp³-hybridized carbons (Fsp3) is 0.722. The van der Waals surface area contributed by atoms with Crippen molar-refractivity contribution in [3.8, 4) is 0 Å². The number of likely N-dealkylation sites (tertiary alicyclic amines) is 1. The third-order valence-electron chi connectivity index (χ3n) is 4.73. The van der Waals surface area contributed by atoms with E-state index in [0.29, 0.717) is 24.0 Å². The molecule has 1 N–H and O–H groups in total. The first-order valence-corrected chi connectivity index (χ1v) is 9.97. The molecule has 3 rings (SSSR count). The Hall–Kier alpha value is -1.63. The molecule has 25 heavy (non-hydrogen) atoms. The Labute approximate surface area is 153 Å². The number of anilines is 1. The van der Waals surface area contributed by atoms with Crippen LogP contribution in [0.4, 0.5) is 9.93 Å². The fourth-order valence-electron chi connectivity index (χ4n) is 3.32. The summed E-state index contributed by atoms with van der Waals surface area (Å²) in [5.74, 6) is 0.347. The largest absolute Gasteiger partial charge is 0.444 e. The number of rotatable bonds is 3. The van der Waals surface area contributed by atoms with Crippen LogP contribution < -0.4 is 5.32 Å². The molecule has 1 aromatic heterocycles. The summed E-state index contributed by atoms with van der Waals surface area (Å²) in [4.78, 5) is 30.7. The van der Waals surface area contributed by atoms with Gasteiger partial charge in [0.1, 0.15) is 11.6 Å². The molecular weight excluding hydrogens is 338 g/mol. The van der Waals surface area contributed by atoms with E-state index < -0.39 is 17.7 Å². The number of nitrogens with zero attached hydrogens (tertiary/aromatic N) is 2. The first-order chi connectivity index (χ1) is 11.8. The number of hydrogen-bond donors (Lipinski definition) is 1. The van der Waals surface area contributed by atoms with E-state index in [-0.39, 0.29) is 5.91 Å². The number of thiazole rings is 1. The molecule has 2 aliphatic rings. The first-order valence-electron chi connectivity index (χ1n) is 9.09. The standard InChI is InChI=1S/C18H27N3O3S/c1-18(2,3)24-17(23)21-10-9-14(21)15(22)20-16-19-13(11-25-16)12-7-5-4-6-8-12/h11-12,14H,4-10H2,1-3H3,(H,19,20,22). The maximum absolute atomic E-state index is 12.5. The lowest BCUT2D eigenvalue weighted by molar-refractivity contribution is -0.125. The van der Waals surface area contributed by atoms with E-state index in [4.69, 9.17) is 4.74 Å². The van der Waals surface area contributed by atoms with E-state index in [9.17, 15) is 9.59 Å². The molecule has 1 unspecified atom stereocenters. The number of carbonyl (C=O) groups excluding carboxylic acids is 2. The molecule has 2 fully saturated rings. The summed E-state index contributed by atoms with van der Waals surface area (Å²) in [7, 11) is 0. The van der Waals surface area contributed by atoms with Gasteiger partial charge in [0.05, 0.1) is 5.69 Å². The van der Waals surface area contributed by atoms with Crippen LogP contribution in [-0.4, -0.2) is 40.1 Å². The van der Waals surface area contributed by atoms with Crippen LogP contribution in [0.3, 0.4) is 0 Å². The lowest BCUT2D eigenvalue weighted by Crippen LogP contribution is -2.57. The van der Waals surface area contributed by atoms with E-state index >= 15 is 0 Å². The molecule has 1 atom stereocenters. The van der Waals surface area contributed by atoms with Gasteiger partial charge < -0.3 is 10.1 Å². The zero-order valence-corrected chi connectivity index (χ0v) is 16.0. The number of hydrogen-bond acceptors (Lipinski definition) is 5. The zero-order chi connectivity index (χ0) is 18.0. The van der Waals surface area contributed by atoms with Crippen molar-refractivity contribution in [3.63, 3.8) is 0 Å². The number of amides is 2. The topological polar surface area (TPSA) is 71.5 Å². The van der Waals surface area contributed by atoms with Crippen LogP contribution in [0, 0.1) is 0 Å². The molecule has 1 aliphatic carbocycles. The molecular formula is C18H27N3O3S. The minimum Gasteiger partial charge on any atom is -0.444 e. The summed E-state index contributed by atoms with van der Waals surface area (Å²) in [6.45, 7) is 6.02. The van der Waals surface area contributed by atoms with Crippen LogP contribution in [-0.2, 0) is 9.53 Å². The van der Waals surface area contributed by atoms with Crippen molar-refractivity contribution in [3.05, 3.63) is 11.1 Å². The number of nitrogens with one attached hydrogen (secondary N) is 1. The van der Waals surface area contributed by atoms with Crippen molar-refractivity contribution < 1.29 is 14.3 Å². The van der Waals surface area contributed by atoms with Crippen LogP contribution in [0.15, 0.2) is 5.38 Å². The van der Waals surface area contributed by atoms with Crippen LogP contribution in [0.5, 0.6) is 0 Å². The molecule has 1 aliphatic heterocycles. The predicted octanol–water partition coefficient (Wildman–Crippen LogP) is 4.14. The zero-order valence-electron chi connectivity index (χ0n) is 15.2. The lowest BCUT2D eigenvalue weighted by Gasteiger charge is -2.39. The molecule has 1 saturated carbocycles. The van der Waals surface area contributed by atoms with Gasteiger partial charge in [0.25, 0.3) is 0 Å². The summed E-state index contributed by atoms with van der Waals surface area (Å²) < 4.78 is 5.35. The molecule has 0 aromatic carbocycles. The lowest BCUT2D eigenvalue weighted by atomic mass is 9.87. The van der Waals surface area contributed by atoms with Gasteiger partial charge in [0, 0.05) is 17.8 Å². The Morgan fingerprint density at radius 2 is 1.96 bits per heavy atom. The maximum atomic E-state index is 12.5. The van der Waals surface area contributed by atoms with Crippen LogP contribution in [0.2, 0.25) is 0 Å². The van der Waals surface area contributed by atoms with Gasteiger partial charge in [-0.05, 0) is 40.0 Å². The highest BCUT2D eigenvalue weighted by Crippen LogP contribution is 2.34. The third kappa shape index (κ3) is 4.51. The first kappa shape index (κ1) is 18.2. The average molecular weight is 365 g/mol. The summed E-state index contributed by atoms with van der Waals surface area (Å²) >= 11 is 1.47. The SMILES string of the molecule is CC(C)(C)OC(=O)N1CCC1C(=O)Nc1nc(C2CCCCC2)cs1. The van der Waals surface area contributed by atoms with Crippen LogP contribution in [0.25, 0.3) is 0 Å². The van der Waals surface area contributed by atoms with E-state index in [1.54, 1.807) is 0 Å². The Kier molecular flexibility index (Phi) is 5.32. The molecule has 0 spiro atoms. The van der Waals surface area contributed by atoms with E-state index in [1.165, 1.54) is 48.3 Å². The smallest absolute Gasteiger partial charge is 0.410 e. The summed E-state index contributed by atoms with van der Waals surface area (Å²) in [5.41, 5.74) is 0.537. The number of aromatic nitrogens is 1. The minimum absolute atomic E-state index is 0.179. The highest BCUT2D eigenvalue weighted by Gasteiger charge is 2.40. The molecule has 2 amide bonds. The van der Waals surface area contributed by atoms with Crippen molar-refractivity contribution >= 4 is 28.5 Å². The number of carbonyl (C=O) groups is 2. The normalized spacial score (nSPS) is 21.6. The summed E-state index contributed by atoms with van der Waals surface area (Å²) in [6.07, 6.45) is 6.44. The van der Waals surface area contributed by atoms with Gasteiger partial charge in [-0.15, -0.1) is 11.3 Å².